The summed E-state index contributed by atoms with van der Waals surface area (Å²) < 4.78 is 39.6. The molecule has 130 valence electrons. The number of halogens is 3. The molecule has 1 aliphatic rings. The molecule has 25 heavy (non-hydrogen) atoms. The number of fused-ring (bicyclic) bond motifs is 1. The maximum atomic E-state index is 12.1. The molecule has 1 aliphatic heterocycles. The van der Waals surface area contributed by atoms with Crippen LogP contribution in [0.25, 0.3) is 0 Å². The minimum atomic E-state index is -2.91. The zero-order chi connectivity index (χ0) is 17.8. The summed E-state index contributed by atoms with van der Waals surface area (Å²) in [7, 11) is 0. The normalized spacial score (nSPS) is 12.6. The van der Waals surface area contributed by atoms with Gasteiger partial charge in [-0.05, 0) is 52.3 Å². The fraction of sp³-hybridized carbons (Fsp3) is 0.125. The summed E-state index contributed by atoms with van der Waals surface area (Å²) in [5, 5.41) is 3.87. The van der Waals surface area contributed by atoms with Gasteiger partial charge in [-0.3, -0.25) is 4.79 Å². The van der Waals surface area contributed by atoms with Crippen LogP contribution in [0.2, 0.25) is 0 Å². The van der Waals surface area contributed by atoms with Crippen molar-refractivity contribution in [3.63, 3.8) is 0 Å². The fourth-order valence-corrected chi connectivity index (χ4v) is 2.47. The quantitative estimate of drug-likeness (QED) is 0.602. The van der Waals surface area contributed by atoms with Gasteiger partial charge in [-0.15, -0.1) is 0 Å². The molecular weight excluding hydrogens is 402 g/mol. The first kappa shape index (κ1) is 17.2. The van der Waals surface area contributed by atoms with E-state index in [1.807, 2.05) is 0 Å². The Balaban J connectivity index is 1.63. The largest absolute Gasteiger partial charge is 0.454 e. The number of benzene rings is 2. The highest BCUT2D eigenvalue weighted by atomic mass is 79.9. The van der Waals surface area contributed by atoms with Crippen molar-refractivity contribution in [3.8, 4) is 17.2 Å². The summed E-state index contributed by atoms with van der Waals surface area (Å²) in [6.45, 7) is -2.76. The molecule has 0 unspecified atom stereocenters. The van der Waals surface area contributed by atoms with Gasteiger partial charge in [0.05, 0.1) is 6.21 Å². The lowest BCUT2D eigenvalue weighted by molar-refractivity contribution is -0.0498. The molecular formula is C16H11BrF2N2O4. The molecule has 0 radical (unpaired) electrons. The summed E-state index contributed by atoms with van der Waals surface area (Å²) in [6, 6.07) is 8.74. The molecule has 0 atom stereocenters. The van der Waals surface area contributed by atoms with Gasteiger partial charge in [0, 0.05) is 15.6 Å². The van der Waals surface area contributed by atoms with Gasteiger partial charge in [-0.25, -0.2) is 5.43 Å². The van der Waals surface area contributed by atoms with E-state index in [0.717, 1.165) is 4.47 Å². The Morgan fingerprint density at radius 2 is 1.92 bits per heavy atom. The van der Waals surface area contributed by atoms with Gasteiger partial charge >= 0.3 is 6.61 Å². The van der Waals surface area contributed by atoms with E-state index >= 15 is 0 Å². The Kier molecular flexibility index (Phi) is 5.13. The number of carbonyl (C=O) groups excluding carboxylic acids is 1. The molecule has 0 aliphatic carbocycles. The van der Waals surface area contributed by atoms with Crippen molar-refractivity contribution in [3.05, 3.63) is 52.0 Å². The van der Waals surface area contributed by atoms with E-state index in [1.165, 1.54) is 30.5 Å². The third-order valence-electron chi connectivity index (χ3n) is 3.20. The Morgan fingerprint density at radius 1 is 1.24 bits per heavy atom. The fourth-order valence-electron chi connectivity index (χ4n) is 2.04. The van der Waals surface area contributed by atoms with E-state index in [9.17, 15) is 13.6 Å². The Hall–Kier alpha value is -2.68. The van der Waals surface area contributed by atoms with E-state index in [1.54, 1.807) is 12.1 Å². The number of nitrogens with zero attached hydrogens (tertiary/aromatic N) is 1. The van der Waals surface area contributed by atoms with Crippen LogP contribution in [0, 0.1) is 0 Å². The standard InChI is InChI=1S/C16H11BrF2N2O4/c17-12-6-14-13(23-8-24-14)5-10(12)7-20-21-15(22)9-1-3-11(4-2-9)25-16(18)19/h1-7,16H,8H2,(H,21,22)/b20-7+. The molecule has 0 aromatic heterocycles. The average Bonchev–Trinajstić information content (AvgIpc) is 3.02. The van der Waals surface area contributed by atoms with Crippen LogP contribution in [0.4, 0.5) is 8.78 Å². The summed E-state index contributed by atoms with van der Waals surface area (Å²) in [6.07, 6.45) is 1.44. The maximum absolute atomic E-state index is 12.1. The molecule has 1 amide bonds. The van der Waals surface area contributed by atoms with Crippen molar-refractivity contribution in [1.29, 1.82) is 0 Å². The third-order valence-corrected chi connectivity index (χ3v) is 3.89. The van der Waals surface area contributed by atoms with Crippen LogP contribution in [0.1, 0.15) is 15.9 Å². The molecule has 0 saturated heterocycles. The number of hydrogen-bond donors (Lipinski definition) is 1. The molecule has 0 fully saturated rings. The highest BCUT2D eigenvalue weighted by Crippen LogP contribution is 2.36. The van der Waals surface area contributed by atoms with Crippen LogP contribution < -0.4 is 19.6 Å². The molecule has 0 saturated carbocycles. The highest BCUT2D eigenvalue weighted by Gasteiger charge is 2.15. The predicted octanol–water partition coefficient (Wildman–Crippen LogP) is 3.54. The smallest absolute Gasteiger partial charge is 0.387 e. The number of alkyl halides is 2. The molecule has 2 aromatic rings. The molecule has 1 N–H and O–H groups in total. The van der Waals surface area contributed by atoms with Crippen molar-refractivity contribution in [1.82, 2.24) is 5.43 Å². The van der Waals surface area contributed by atoms with Gasteiger partial charge in [0.2, 0.25) is 6.79 Å². The minimum Gasteiger partial charge on any atom is -0.454 e. The zero-order valence-electron chi connectivity index (χ0n) is 12.5. The minimum absolute atomic E-state index is 0.0284. The molecule has 1 heterocycles. The van der Waals surface area contributed by atoms with Crippen LogP contribution in [-0.4, -0.2) is 25.5 Å². The van der Waals surface area contributed by atoms with E-state index in [-0.39, 0.29) is 18.1 Å². The van der Waals surface area contributed by atoms with Crippen LogP contribution in [0.3, 0.4) is 0 Å². The van der Waals surface area contributed by atoms with Gasteiger partial charge in [-0.1, -0.05) is 0 Å². The van der Waals surface area contributed by atoms with Crippen LogP contribution >= 0.6 is 15.9 Å². The Labute approximate surface area is 149 Å². The van der Waals surface area contributed by atoms with E-state index < -0.39 is 12.5 Å². The lowest BCUT2D eigenvalue weighted by atomic mass is 10.2. The molecule has 2 aromatic carbocycles. The number of rotatable bonds is 5. The van der Waals surface area contributed by atoms with Crippen LogP contribution in [0.15, 0.2) is 46.0 Å². The first-order chi connectivity index (χ1) is 12.0. The summed E-state index contributed by atoms with van der Waals surface area (Å²) in [4.78, 5) is 12.0. The highest BCUT2D eigenvalue weighted by molar-refractivity contribution is 9.10. The van der Waals surface area contributed by atoms with Crippen molar-refractivity contribution in [2.75, 3.05) is 6.79 Å². The topological polar surface area (TPSA) is 69.2 Å². The van der Waals surface area contributed by atoms with Crippen LogP contribution in [0.5, 0.6) is 17.2 Å². The number of nitrogens with one attached hydrogen (secondary N) is 1. The van der Waals surface area contributed by atoms with E-state index in [4.69, 9.17) is 9.47 Å². The van der Waals surface area contributed by atoms with Crippen molar-refractivity contribution in [2.45, 2.75) is 6.61 Å². The Bertz CT molecular complexity index is 813. The molecule has 0 bridgehead atoms. The molecule has 6 nitrogen and oxygen atoms in total. The van der Waals surface area contributed by atoms with E-state index in [0.29, 0.717) is 17.1 Å². The van der Waals surface area contributed by atoms with E-state index in [2.05, 4.69) is 31.2 Å². The maximum Gasteiger partial charge on any atom is 0.387 e. The average molecular weight is 413 g/mol. The lowest BCUT2D eigenvalue weighted by Crippen LogP contribution is -2.17. The molecule has 9 heteroatoms. The number of amides is 1. The summed E-state index contributed by atoms with van der Waals surface area (Å²) in [5.74, 6) is 0.695. The van der Waals surface area contributed by atoms with Crippen molar-refractivity contribution < 1.29 is 27.8 Å². The third kappa shape index (κ3) is 4.24. The SMILES string of the molecule is O=C(N/N=C/c1cc2c(cc1Br)OCO2)c1ccc(OC(F)F)cc1. The van der Waals surface area contributed by atoms with Crippen molar-refractivity contribution in [2.24, 2.45) is 5.10 Å². The van der Waals surface area contributed by atoms with Gasteiger partial charge in [0.15, 0.2) is 11.5 Å². The van der Waals surface area contributed by atoms with Gasteiger partial charge in [0.25, 0.3) is 5.91 Å². The second-order valence-corrected chi connectivity index (χ2v) is 5.68. The lowest BCUT2D eigenvalue weighted by Gasteiger charge is -2.05. The van der Waals surface area contributed by atoms with Gasteiger partial charge in [0.1, 0.15) is 5.75 Å². The number of hydrazone groups is 1. The number of hydrogen-bond acceptors (Lipinski definition) is 5. The molecule has 3 rings (SSSR count). The first-order valence-electron chi connectivity index (χ1n) is 7.00. The summed E-state index contributed by atoms with van der Waals surface area (Å²) in [5.41, 5.74) is 3.29. The molecule has 0 spiro atoms. The first-order valence-corrected chi connectivity index (χ1v) is 7.79. The van der Waals surface area contributed by atoms with Crippen molar-refractivity contribution >= 4 is 28.1 Å². The predicted molar refractivity (Wildman–Crippen MR) is 88.4 cm³/mol. The Morgan fingerprint density at radius 3 is 2.60 bits per heavy atom. The summed E-state index contributed by atoms with van der Waals surface area (Å²) >= 11 is 3.37. The number of ether oxygens (including phenoxy) is 3. The zero-order valence-corrected chi connectivity index (χ0v) is 14.1. The number of carbonyl (C=O) groups is 1. The van der Waals surface area contributed by atoms with Gasteiger partial charge in [-0.2, -0.15) is 13.9 Å². The van der Waals surface area contributed by atoms with Crippen LogP contribution in [-0.2, 0) is 0 Å². The second-order valence-electron chi connectivity index (χ2n) is 4.83. The second kappa shape index (κ2) is 7.47. The van der Waals surface area contributed by atoms with Gasteiger partial charge < -0.3 is 14.2 Å². The monoisotopic (exact) mass is 412 g/mol.